The number of aromatic nitrogens is 2. The number of aromatic hydroxyl groups is 1. The zero-order chi connectivity index (χ0) is 16.6. The van der Waals surface area contributed by atoms with Crippen molar-refractivity contribution in [3.63, 3.8) is 0 Å². The van der Waals surface area contributed by atoms with Gasteiger partial charge in [-0.1, -0.05) is 0 Å². The maximum atomic E-state index is 11.9. The SMILES string of the molecule is COC(=O)c1sc2nc(Cl)nc(Nc3ccc(O)cc3)c2c1C. The van der Waals surface area contributed by atoms with Crippen LogP contribution in [0.15, 0.2) is 24.3 Å². The van der Waals surface area contributed by atoms with E-state index in [9.17, 15) is 9.90 Å². The zero-order valence-electron chi connectivity index (χ0n) is 12.3. The molecule has 2 heterocycles. The smallest absolute Gasteiger partial charge is 0.348 e. The molecule has 3 rings (SSSR count). The van der Waals surface area contributed by atoms with Crippen LogP contribution in [0.5, 0.6) is 5.75 Å². The minimum absolute atomic E-state index is 0.0800. The molecular formula is C15H12ClN3O3S. The number of nitrogens with zero attached hydrogens (tertiary/aromatic N) is 2. The molecule has 0 saturated carbocycles. The van der Waals surface area contributed by atoms with Crippen molar-refractivity contribution in [3.8, 4) is 5.75 Å². The predicted octanol–water partition coefficient (Wildman–Crippen LogP) is 3.89. The summed E-state index contributed by atoms with van der Waals surface area (Å²) in [4.78, 5) is 21.3. The number of anilines is 2. The van der Waals surface area contributed by atoms with E-state index < -0.39 is 5.97 Å². The normalized spacial score (nSPS) is 10.7. The molecule has 8 heteroatoms. The Labute approximate surface area is 140 Å². The van der Waals surface area contributed by atoms with E-state index in [0.717, 1.165) is 11.3 Å². The number of phenols is 1. The molecule has 0 saturated heterocycles. The largest absolute Gasteiger partial charge is 0.508 e. The number of phenolic OH excluding ortho intramolecular Hbond substituents is 1. The Morgan fingerprint density at radius 2 is 2.00 bits per heavy atom. The van der Waals surface area contributed by atoms with Crippen molar-refractivity contribution in [1.29, 1.82) is 0 Å². The lowest BCUT2D eigenvalue weighted by atomic mass is 10.2. The summed E-state index contributed by atoms with van der Waals surface area (Å²) in [5.74, 6) is 0.243. The molecule has 6 nitrogen and oxygen atoms in total. The number of methoxy groups -OCH3 is 1. The Morgan fingerprint density at radius 3 is 2.65 bits per heavy atom. The standard InChI is InChI=1S/C15H12ClN3O3S/c1-7-10-12(17-8-3-5-9(20)6-4-8)18-15(16)19-13(10)23-11(7)14(21)22-2/h3-6,20H,1-2H3,(H,17,18,19). The topological polar surface area (TPSA) is 84.3 Å². The van der Waals surface area contributed by atoms with Crippen LogP contribution in [0.1, 0.15) is 15.2 Å². The maximum Gasteiger partial charge on any atom is 0.348 e. The van der Waals surface area contributed by atoms with Crippen LogP contribution in [0.25, 0.3) is 10.2 Å². The van der Waals surface area contributed by atoms with E-state index in [-0.39, 0.29) is 11.0 Å². The molecule has 2 N–H and O–H groups in total. The minimum atomic E-state index is -0.419. The number of carbonyl (C=O) groups excluding carboxylic acids is 1. The number of hydrogen-bond donors (Lipinski definition) is 2. The second-order valence-electron chi connectivity index (χ2n) is 4.74. The highest BCUT2D eigenvalue weighted by Crippen LogP contribution is 2.36. The molecule has 0 atom stereocenters. The first-order valence-electron chi connectivity index (χ1n) is 6.60. The molecule has 0 aliphatic rings. The van der Waals surface area contributed by atoms with Gasteiger partial charge in [-0.3, -0.25) is 0 Å². The third-order valence-electron chi connectivity index (χ3n) is 3.26. The van der Waals surface area contributed by atoms with Crippen LogP contribution < -0.4 is 5.32 Å². The van der Waals surface area contributed by atoms with Gasteiger partial charge in [0.15, 0.2) is 0 Å². The molecule has 0 amide bonds. The fourth-order valence-electron chi connectivity index (χ4n) is 2.17. The molecule has 1 aromatic carbocycles. The number of carbonyl (C=O) groups is 1. The van der Waals surface area contributed by atoms with E-state index >= 15 is 0 Å². The second-order valence-corrected chi connectivity index (χ2v) is 6.08. The van der Waals surface area contributed by atoms with Crippen LogP contribution in [0.4, 0.5) is 11.5 Å². The second kappa shape index (κ2) is 6.02. The summed E-state index contributed by atoms with van der Waals surface area (Å²) < 4.78 is 4.79. The number of rotatable bonds is 3. The Balaban J connectivity index is 2.13. The number of benzene rings is 1. The molecule has 0 spiro atoms. The predicted molar refractivity (Wildman–Crippen MR) is 89.9 cm³/mol. The number of hydrogen-bond acceptors (Lipinski definition) is 7. The van der Waals surface area contributed by atoms with Crippen LogP contribution in [0.3, 0.4) is 0 Å². The van der Waals surface area contributed by atoms with Crippen molar-refractivity contribution in [3.05, 3.63) is 40.0 Å². The molecule has 0 radical (unpaired) electrons. The molecule has 3 aromatic rings. The van der Waals surface area contributed by atoms with Gasteiger partial charge in [-0.15, -0.1) is 11.3 Å². The fraction of sp³-hybridized carbons (Fsp3) is 0.133. The summed E-state index contributed by atoms with van der Waals surface area (Å²) >= 11 is 7.19. The van der Waals surface area contributed by atoms with Crippen molar-refractivity contribution in [2.75, 3.05) is 12.4 Å². The highest BCUT2D eigenvalue weighted by molar-refractivity contribution is 7.20. The fourth-order valence-corrected chi connectivity index (χ4v) is 3.49. The van der Waals surface area contributed by atoms with E-state index in [2.05, 4.69) is 15.3 Å². The monoisotopic (exact) mass is 349 g/mol. The van der Waals surface area contributed by atoms with E-state index in [1.54, 1.807) is 24.3 Å². The Hall–Kier alpha value is -2.38. The Morgan fingerprint density at radius 1 is 1.30 bits per heavy atom. The molecule has 118 valence electrons. The molecule has 0 unspecified atom stereocenters. The van der Waals surface area contributed by atoms with Crippen LogP contribution in [-0.2, 0) is 4.74 Å². The van der Waals surface area contributed by atoms with Crippen molar-refractivity contribution in [1.82, 2.24) is 9.97 Å². The molecule has 0 bridgehead atoms. The van der Waals surface area contributed by atoms with Crippen molar-refractivity contribution in [2.45, 2.75) is 6.92 Å². The van der Waals surface area contributed by atoms with Crippen molar-refractivity contribution in [2.24, 2.45) is 0 Å². The summed E-state index contributed by atoms with van der Waals surface area (Å²) in [6.07, 6.45) is 0. The quantitative estimate of drug-likeness (QED) is 0.424. The number of halogens is 1. The van der Waals surface area contributed by atoms with Gasteiger partial charge in [-0.2, -0.15) is 4.98 Å². The Bertz CT molecular complexity index is 893. The van der Waals surface area contributed by atoms with Crippen LogP contribution in [0.2, 0.25) is 5.28 Å². The minimum Gasteiger partial charge on any atom is -0.508 e. The van der Waals surface area contributed by atoms with Gasteiger partial charge in [-0.25, -0.2) is 9.78 Å². The summed E-state index contributed by atoms with van der Waals surface area (Å²) in [5.41, 5.74) is 1.46. The molecule has 0 aliphatic heterocycles. The van der Waals surface area contributed by atoms with Gasteiger partial charge in [-0.05, 0) is 48.4 Å². The summed E-state index contributed by atoms with van der Waals surface area (Å²) in [7, 11) is 1.33. The maximum absolute atomic E-state index is 11.9. The van der Waals surface area contributed by atoms with E-state index in [4.69, 9.17) is 16.3 Å². The summed E-state index contributed by atoms with van der Waals surface area (Å²) in [6, 6.07) is 6.53. The lowest BCUT2D eigenvalue weighted by Gasteiger charge is -2.08. The van der Waals surface area contributed by atoms with Gasteiger partial charge in [0, 0.05) is 5.69 Å². The average molecular weight is 350 g/mol. The number of aryl methyl sites for hydroxylation is 1. The van der Waals surface area contributed by atoms with Gasteiger partial charge in [0.05, 0.1) is 12.5 Å². The molecule has 2 aromatic heterocycles. The lowest BCUT2D eigenvalue weighted by molar-refractivity contribution is 0.0605. The van der Waals surface area contributed by atoms with Crippen LogP contribution >= 0.6 is 22.9 Å². The van der Waals surface area contributed by atoms with Gasteiger partial charge in [0.1, 0.15) is 21.3 Å². The number of ether oxygens (including phenoxy) is 1. The van der Waals surface area contributed by atoms with E-state index in [0.29, 0.717) is 20.9 Å². The first kappa shape index (κ1) is 15.5. The number of esters is 1. The third kappa shape index (κ3) is 2.93. The van der Waals surface area contributed by atoms with Gasteiger partial charge in [0.25, 0.3) is 0 Å². The van der Waals surface area contributed by atoms with Gasteiger partial charge in [0.2, 0.25) is 5.28 Å². The van der Waals surface area contributed by atoms with Gasteiger partial charge >= 0.3 is 5.97 Å². The summed E-state index contributed by atoms with van der Waals surface area (Å²) in [5, 5.41) is 13.3. The first-order chi connectivity index (χ1) is 11.0. The number of thiophene rings is 1. The molecule has 0 aliphatic carbocycles. The van der Waals surface area contributed by atoms with Crippen LogP contribution in [0, 0.1) is 6.92 Å². The lowest BCUT2D eigenvalue weighted by Crippen LogP contribution is -2.00. The number of fused-ring (bicyclic) bond motifs is 1. The zero-order valence-corrected chi connectivity index (χ0v) is 13.8. The van der Waals surface area contributed by atoms with Gasteiger partial charge < -0.3 is 15.2 Å². The Kier molecular flexibility index (Phi) is 4.06. The van der Waals surface area contributed by atoms with Crippen molar-refractivity contribution >= 4 is 50.6 Å². The molecular weight excluding hydrogens is 338 g/mol. The first-order valence-corrected chi connectivity index (χ1v) is 7.80. The van der Waals surface area contributed by atoms with E-state index in [1.165, 1.54) is 18.4 Å². The van der Waals surface area contributed by atoms with Crippen molar-refractivity contribution < 1.29 is 14.6 Å². The highest BCUT2D eigenvalue weighted by atomic mass is 35.5. The highest BCUT2D eigenvalue weighted by Gasteiger charge is 2.20. The molecule has 0 fully saturated rings. The van der Waals surface area contributed by atoms with Crippen LogP contribution in [-0.4, -0.2) is 28.2 Å². The third-order valence-corrected chi connectivity index (χ3v) is 4.60. The summed E-state index contributed by atoms with van der Waals surface area (Å²) in [6.45, 7) is 1.81. The van der Waals surface area contributed by atoms with E-state index in [1.807, 2.05) is 6.92 Å². The average Bonchev–Trinajstić information content (AvgIpc) is 2.85. The molecule has 23 heavy (non-hydrogen) atoms. The number of nitrogens with one attached hydrogen (secondary N) is 1.